The van der Waals surface area contributed by atoms with Crippen LogP contribution in [0.1, 0.15) is 5.56 Å². The number of hydrogen-bond donors (Lipinski definition) is 1. The minimum atomic E-state index is -0.344. The lowest BCUT2D eigenvalue weighted by atomic mass is 10.2. The molecule has 0 radical (unpaired) electrons. The SMILES string of the molecule is Cc1c[nH]c2ncnc(N3C=C4C(=O)N(c5cccc(Br)c5)C(=O)N4CC3)c12. The van der Waals surface area contributed by atoms with Crippen molar-refractivity contribution in [1.82, 2.24) is 19.9 Å². The Kier molecular flexibility index (Phi) is 3.73. The average Bonchev–Trinajstić information content (AvgIpc) is 3.19. The number of nitrogens with zero attached hydrogens (tertiary/aromatic N) is 5. The van der Waals surface area contributed by atoms with Crippen LogP contribution in [0.15, 0.2) is 53.2 Å². The minimum Gasteiger partial charge on any atom is -0.346 e. The zero-order valence-corrected chi connectivity index (χ0v) is 16.5. The number of urea groups is 1. The van der Waals surface area contributed by atoms with Crippen molar-refractivity contribution in [3.63, 3.8) is 0 Å². The van der Waals surface area contributed by atoms with E-state index >= 15 is 0 Å². The van der Waals surface area contributed by atoms with Crippen LogP contribution >= 0.6 is 15.9 Å². The van der Waals surface area contributed by atoms with Gasteiger partial charge in [0.1, 0.15) is 23.5 Å². The molecule has 1 aromatic carbocycles. The molecule has 0 bridgehead atoms. The van der Waals surface area contributed by atoms with Crippen molar-refractivity contribution in [1.29, 1.82) is 0 Å². The van der Waals surface area contributed by atoms with Crippen molar-refractivity contribution in [2.75, 3.05) is 22.9 Å². The van der Waals surface area contributed by atoms with Crippen molar-refractivity contribution in [2.45, 2.75) is 6.92 Å². The van der Waals surface area contributed by atoms with Crippen LogP contribution in [-0.2, 0) is 4.79 Å². The van der Waals surface area contributed by atoms with Gasteiger partial charge in [-0.05, 0) is 30.7 Å². The number of H-pyrrole nitrogens is 1. The molecule has 0 unspecified atom stereocenters. The maximum absolute atomic E-state index is 13.0. The van der Waals surface area contributed by atoms with Gasteiger partial charge in [-0.2, -0.15) is 0 Å². The summed E-state index contributed by atoms with van der Waals surface area (Å²) in [7, 11) is 0. The molecular formula is C19H15BrN6O2. The summed E-state index contributed by atoms with van der Waals surface area (Å²) in [5.41, 5.74) is 2.65. The fourth-order valence-corrected chi connectivity index (χ4v) is 4.01. The van der Waals surface area contributed by atoms with Crippen molar-refractivity contribution in [3.8, 4) is 0 Å². The topological polar surface area (TPSA) is 85.4 Å². The fraction of sp³-hybridized carbons (Fsp3) is 0.158. The van der Waals surface area contributed by atoms with E-state index in [1.54, 1.807) is 24.4 Å². The van der Waals surface area contributed by atoms with Crippen LogP contribution < -0.4 is 9.80 Å². The zero-order valence-electron chi connectivity index (χ0n) is 14.9. The lowest BCUT2D eigenvalue weighted by molar-refractivity contribution is -0.114. The van der Waals surface area contributed by atoms with Gasteiger partial charge in [0.15, 0.2) is 0 Å². The number of benzene rings is 1. The van der Waals surface area contributed by atoms with Gasteiger partial charge in [-0.15, -0.1) is 0 Å². The molecule has 2 aliphatic rings. The number of aryl methyl sites for hydroxylation is 1. The number of carbonyl (C=O) groups is 2. The van der Waals surface area contributed by atoms with E-state index in [0.29, 0.717) is 24.5 Å². The third-order valence-corrected chi connectivity index (χ3v) is 5.46. The number of nitrogens with one attached hydrogen (secondary N) is 1. The maximum Gasteiger partial charge on any atom is 0.336 e. The van der Waals surface area contributed by atoms with Gasteiger partial charge in [0.25, 0.3) is 5.91 Å². The molecule has 2 aliphatic heterocycles. The van der Waals surface area contributed by atoms with Gasteiger partial charge in [0, 0.05) is 30.0 Å². The normalized spacial score (nSPS) is 16.8. The van der Waals surface area contributed by atoms with Crippen molar-refractivity contribution in [3.05, 3.63) is 58.7 Å². The lowest BCUT2D eigenvalue weighted by Gasteiger charge is -2.29. The smallest absolute Gasteiger partial charge is 0.336 e. The number of aromatic amines is 1. The molecule has 4 heterocycles. The maximum atomic E-state index is 13.0. The molecule has 1 fully saturated rings. The number of aromatic nitrogens is 3. The second-order valence-electron chi connectivity index (χ2n) is 6.65. The van der Waals surface area contributed by atoms with E-state index in [-0.39, 0.29) is 11.9 Å². The summed E-state index contributed by atoms with van der Waals surface area (Å²) in [5, 5.41) is 0.911. The monoisotopic (exact) mass is 438 g/mol. The Balaban J connectivity index is 1.57. The van der Waals surface area contributed by atoms with Gasteiger partial charge in [0.05, 0.1) is 11.1 Å². The standard InChI is InChI=1S/C19H15BrN6O2/c1-11-8-21-16-15(11)17(23-10-22-16)24-5-6-25-14(9-24)18(27)26(19(25)28)13-4-2-3-12(20)7-13/h2-4,7-10H,5-6H2,1H3,(H,21,22,23). The van der Waals surface area contributed by atoms with Crippen LogP contribution in [0, 0.1) is 6.92 Å². The molecule has 0 spiro atoms. The van der Waals surface area contributed by atoms with E-state index in [2.05, 4.69) is 30.9 Å². The molecule has 0 aliphatic carbocycles. The molecule has 28 heavy (non-hydrogen) atoms. The van der Waals surface area contributed by atoms with Crippen LogP contribution in [0.3, 0.4) is 0 Å². The van der Waals surface area contributed by atoms with Crippen LogP contribution in [0.5, 0.6) is 0 Å². The Morgan fingerprint density at radius 1 is 1.18 bits per heavy atom. The van der Waals surface area contributed by atoms with Gasteiger partial charge in [-0.3, -0.25) is 9.69 Å². The molecule has 3 amide bonds. The Morgan fingerprint density at radius 2 is 2.04 bits per heavy atom. The molecule has 0 saturated carbocycles. The third-order valence-electron chi connectivity index (χ3n) is 4.96. The first-order chi connectivity index (χ1) is 13.5. The van der Waals surface area contributed by atoms with Gasteiger partial charge in [-0.25, -0.2) is 19.7 Å². The second kappa shape index (κ2) is 6.16. The number of anilines is 2. The molecule has 5 rings (SSSR count). The Morgan fingerprint density at radius 3 is 2.86 bits per heavy atom. The number of rotatable bonds is 2. The van der Waals surface area contributed by atoms with Crippen LogP contribution in [0.2, 0.25) is 0 Å². The molecule has 9 heteroatoms. The predicted molar refractivity (Wildman–Crippen MR) is 108 cm³/mol. The number of imide groups is 1. The lowest BCUT2D eigenvalue weighted by Crippen LogP contribution is -2.40. The average molecular weight is 439 g/mol. The number of carbonyl (C=O) groups excluding carboxylic acids is 2. The van der Waals surface area contributed by atoms with Crippen LogP contribution in [0.4, 0.5) is 16.3 Å². The van der Waals surface area contributed by atoms with E-state index in [9.17, 15) is 9.59 Å². The first-order valence-corrected chi connectivity index (χ1v) is 9.52. The number of halogens is 1. The number of hydrogen-bond acceptors (Lipinski definition) is 5. The van der Waals surface area contributed by atoms with E-state index in [0.717, 1.165) is 26.9 Å². The van der Waals surface area contributed by atoms with Gasteiger partial charge in [-0.1, -0.05) is 22.0 Å². The van der Waals surface area contributed by atoms with Gasteiger partial charge < -0.3 is 9.88 Å². The largest absolute Gasteiger partial charge is 0.346 e. The van der Waals surface area contributed by atoms with Gasteiger partial charge in [0.2, 0.25) is 0 Å². The summed E-state index contributed by atoms with van der Waals surface area (Å²) < 4.78 is 0.803. The first kappa shape index (κ1) is 16.9. The summed E-state index contributed by atoms with van der Waals surface area (Å²) in [6, 6.07) is 6.81. The Bertz CT molecular complexity index is 1170. The highest BCUT2D eigenvalue weighted by molar-refractivity contribution is 9.10. The molecule has 8 nitrogen and oxygen atoms in total. The minimum absolute atomic E-state index is 0.334. The number of fused-ring (bicyclic) bond motifs is 2. The van der Waals surface area contributed by atoms with E-state index in [4.69, 9.17) is 0 Å². The second-order valence-corrected chi connectivity index (χ2v) is 7.57. The highest BCUT2D eigenvalue weighted by Gasteiger charge is 2.44. The molecular weight excluding hydrogens is 424 g/mol. The number of amides is 3. The zero-order chi connectivity index (χ0) is 19.4. The molecule has 1 saturated heterocycles. The quantitative estimate of drug-likeness (QED) is 0.621. The van der Waals surface area contributed by atoms with Crippen molar-refractivity contribution >= 4 is 50.4 Å². The molecule has 3 aromatic rings. The molecule has 140 valence electrons. The van der Waals surface area contributed by atoms with E-state index in [1.165, 1.54) is 16.1 Å². The van der Waals surface area contributed by atoms with Crippen LogP contribution in [-0.4, -0.2) is 44.9 Å². The summed E-state index contributed by atoms with van der Waals surface area (Å²) in [5.74, 6) is 0.376. The van der Waals surface area contributed by atoms with Crippen molar-refractivity contribution < 1.29 is 9.59 Å². The van der Waals surface area contributed by atoms with Gasteiger partial charge >= 0.3 is 6.03 Å². The summed E-state index contributed by atoms with van der Waals surface area (Å²) in [6.45, 7) is 2.91. The van der Waals surface area contributed by atoms with E-state index < -0.39 is 0 Å². The predicted octanol–water partition coefficient (Wildman–Crippen LogP) is 3.16. The Labute approximate surface area is 168 Å². The highest BCUT2D eigenvalue weighted by atomic mass is 79.9. The molecule has 2 aromatic heterocycles. The first-order valence-electron chi connectivity index (χ1n) is 8.73. The Hall–Kier alpha value is -3.20. The molecule has 1 N–H and O–H groups in total. The van der Waals surface area contributed by atoms with Crippen LogP contribution in [0.25, 0.3) is 11.0 Å². The van der Waals surface area contributed by atoms with E-state index in [1.807, 2.05) is 24.1 Å². The summed E-state index contributed by atoms with van der Waals surface area (Å²) in [6.07, 6.45) is 5.08. The summed E-state index contributed by atoms with van der Waals surface area (Å²) in [4.78, 5) is 42.3. The summed E-state index contributed by atoms with van der Waals surface area (Å²) >= 11 is 3.39. The fourth-order valence-electron chi connectivity index (χ4n) is 3.63. The molecule has 0 atom stereocenters. The van der Waals surface area contributed by atoms with Crippen molar-refractivity contribution in [2.24, 2.45) is 0 Å². The third kappa shape index (κ3) is 2.43. The highest BCUT2D eigenvalue weighted by Crippen LogP contribution is 2.33.